The number of hydrogen-bond donors (Lipinski definition) is 0. The highest BCUT2D eigenvalue weighted by atomic mass is 32.1. The van der Waals surface area contributed by atoms with Crippen molar-refractivity contribution >= 4 is 43.9 Å². The first-order valence-corrected chi connectivity index (χ1v) is 12.1. The van der Waals surface area contributed by atoms with E-state index in [0.29, 0.717) is 19.6 Å². The van der Waals surface area contributed by atoms with Crippen LogP contribution < -0.4 is 9.64 Å². The summed E-state index contributed by atoms with van der Waals surface area (Å²) in [5.41, 5.74) is 0.835. The van der Waals surface area contributed by atoms with Gasteiger partial charge in [-0.05, 0) is 36.9 Å². The number of ether oxygens (including phenoxy) is 2. The molecule has 3 aromatic rings. The minimum atomic E-state index is 0.0939. The van der Waals surface area contributed by atoms with Crippen LogP contribution in [0.3, 0.4) is 0 Å². The van der Waals surface area contributed by atoms with Crippen LogP contribution in [0.2, 0.25) is 0 Å². The Bertz CT molecular complexity index is 952. The number of aromatic nitrogens is 1. The molecule has 2 aromatic heterocycles. The minimum absolute atomic E-state index is 0.0939. The van der Waals surface area contributed by atoms with Crippen molar-refractivity contribution in [1.82, 2.24) is 9.88 Å². The van der Waals surface area contributed by atoms with E-state index in [2.05, 4.69) is 4.90 Å². The zero-order valence-electron chi connectivity index (χ0n) is 17.2. The summed E-state index contributed by atoms with van der Waals surface area (Å²) in [6, 6.07) is 9.95. The Hall–Kier alpha value is -2.00. The summed E-state index contributed by atoms with van der Waals surface area (Å²) in [5.74, 6) is 0.868. The predicted molar refractivity (Wildman–Crippen MR) is 123 cm³/mol. The highest BCUT2D eigenvalue weighted by molar-refractivity contribution is 7.22. The Kier molecular flexibility index (Phi) is 7.33. The van der Waals surface area contributed by atoms with Gasteiger partial charge in [0.05, 0.1) is 30.9 Å². The molecule has 1 fully saturated rings. The van der Waals surface area contributed by atoms with Gasteiger partial charge in [0.25, 0.3) is 0 Å². The molecule has 6 nitrogen and oxygen atoms in total. The van der Waals surface area contributed by atoms with Crippen LogP contribution in [-0.4, -0.2) is 61.8 Å². The lowest BCUT2D eigenvalue weighted by Gasteiger charge is -2.27. The number of para-hydroxylation sites is 1. The van der Waals surface area contributed by atoms with Gasteiger partial charge in [-0.15, -0.1) is 11.3 Å². The summed E-state index contributed by atoms with van der Waals surface area (Å²) in [7, 11) is 0. The van der Waals surface area contributed by atoms with Gasteiger partial charge in [0.15, 0.2) is 5.13 Å². The summed E-state index contributed by atoms with van der Waals surface area (Å²) in [4.78, 5) is 23.4. The van der Waals surface area contributed by atoms with Gasteiger partial charge in [0.1, 0.15) is 11.3 Å². The third-order valence-corrected chi connectivity index (χ3v) is 6.99. The highest BCUT2D eigenvalue weighted by Gasteiger charge is 2.22. The summed E-state index contributed by atoms with van der Waals surface area (Å²) in [5, 5.41) is 2.76. The van der Waals surface area contributed by atoms with E-state index in [1.807, 2.05) is 47.5 Å². The maximum Gasteiger partial charge on any atom is 0.234 e. The standard InChI is InChI=1S/C22H27N3O3S2/c1-2-28-18-7-3-8-19-21(18)23-22(30-19)25(20(26)16-17-6-4-15-29-17)10-5-9-24-11-13-27-14-12-24/h3-4,6-8,15H,2,5,9-14,16H2,1H3. The lowest BCUT2D eigenvalue weighted by Crippen LogP contribution is -2.39. The van der Waals surface area contributed by atoms with Gasteiger partial charge < -0.3 is 9.47 Å². The Morgan fingerprint density at radius 2 is 2.13 bits per heavy atom. The van der Waals surface area contributed by atoms with Crippen molar-refractivity contribution in [2.45, 2.75) is 19.8 Å². The van der Waals surface area contributed by atoms with Crippen molar-refractivity contribution < 1.29 is 14.3 Å². The smallest absolute Gasteiger partial charge is 0.234 e. The van der Waals surface area contributed by atoms with Crippen LogP contribution in [0.4, 0.5) is 5.13 Å². The number of morpholine rings is 1. The van der Waals surface area contributed by atoms with E-state index in [-0.39, 0.29) is 5.91 Å². The second-order valence-electron chi connectivity index (χ2n) is 7.14. The van der Waals surface area contributed by atoms with Gasteiger partial charge in [0.2, 0.25) is 5.91 Å². The Balaban J connectivity index is 1.53. The first kappa shape index (κ1) is 21.2. The van der Waals surface area contributed by atoms with Crippen molar-refractivity contribution in [3.05, 3.63) is 40.6 Å². The number of fused-ring (bicyclic) bond motifs is 1. The van der Waals surface area contributed by atoms with Crippen LogP contribution in [0.1, 0.15) is 18.2 Å². The number of thiophene rings is 1. The first-order chi connectivity index (χ1) is 14.7. The monoisotopic (exact) mass is 445 g/mol. The number of hydrogen-bond acceptors (Lipinski definition) is 7. The number of rotatable bonds is 9. The molecule has 1 saturated heterocycles. The fraction of sp³-hybridized carbons (Fsp3) is 0.455. The highest BCUT2D eigenvalue weighted by Crippen LogP contribution is 2.34. The molecule has 160 valence electrons. The summed E-state index contributed by atoms with van der Waals surface area (Å²) >= 11 is 3.17. The first-order valence-electron chi connectivity index (χ1n) is 10.4. The van der Waals surface area contributed by atoms with Gasteiger partial charge in [-0.2, -0.15) is 0 Å². The van der Waals surface area contributed by atoms with Crippen molar-refractivity contribution in [3.8, 4) is 5.75 Å². The molecule has 3 heterocycles. The average molecular weight is 446 g/mol. The van der Waals surface area contributed by atoms with Crippen molar-refractivity contribution in [3.63, 3.8) is 0 Å². The number of benzene rings is 1. The Morgan fingerprint density at radius 1 is 1.27 bits per heavy atom. The number of amides is 1. The van der Waals surface area contributed by atoms with E-state index in [9.17, 15) is 4.79 Å². The van der Waals surface area contributed by atoms with Crippen molar-refractivity contribution in [2.24, 2.45) is 0 Å². The molecule has 1 aromatic carbocycles. The number of thiazole rings is 1. The predicted octanol–water partition coefficient (Wildman–Crippen LogP) is 4.05. The molecule has 4 rings (SSSR count). The SMILES string of the molecule is CCOc1cccc2sc(N(CCCN3CCOCC3)C(=O)Cc3cccs3)nc12. The fourth-order valence-electron chi connectivity index (χ4n) is 3.56. The minimum Gasteiger partial charge on any atom is -0.492 e. The van der Waals surface area contributed by atoms with Gasteiger partial charge in [-0.1, -0.05) is 23.5 Å². The quantitative estimate of drug-likeness (QED) is 0.497. The van der Waals surface area contributed by atoms with Crippen LogP contribution in [0, 0.1) is 0 Å². The van der Waals surface area contributed by atoms with Crippen LogP contribution in [0.5, 0.6) is 5.75 Å². The van der Waals surface area contributed by atoms with Crippen molar-refractivity contribution in [1.29, 1.82) is 0 Å². The lowest BCUT2D eigenvalue weighted by molar-refractivity contribution is -0.118. The van der Waals surface area contributed by atoms with Gasteiger partial charge in [-0.25, -0.2) is 4.98 Å². The fourth-order valence-corrected chi connectivity index (χ4v) is 5.28. The Morgan fingerprint density at radius 3 is 2.90 bits per heavy atom. The number of nitrogens with zero attached hydrogens (tertiary/aromatic N) is 3. The number of carbonyl (C=O) groups excluding carboxylic acids is 1. The molecule has 0 aliphatic carbocycles. The van der Waals surface area contributed by atoms with Gasteiger partial charge >= 0.3 is 0 Å². The van der Waals surface area contributed by atoms with E-state index in [4.69, 9.17) is 14.5 Å². The van der Waals surface area contributed by atoms with Crippen molar-refractivity contribution in [2.75, 3.05) is 50.9 Å². The molecule has 0 radical (unpaired) electrons. The summed E-state index contributed by atoms with van der Waals surface area (Å²) < 4.78 is 12.2. The molecule has 1 aliphatic heterocycles. The van der Waals surface area contributed by atoms with Gasteiger partial charge in [-0.3, -0.25) is 14.6 Å². The topological polar surface area (TPSA) is 54.9 Å². The van der Waals surface area contributed by atoms with E-state index in [1.54, 1.807) is 22.7 Å². The van der Waals surface area contributed by atoms with Crippen LogP contribution >= 0.6 is 22.7 Å². The van der Waals surface area contributed by atoms with E-state index < -0.39 is 0 Å². The number of carbonyl (C=O) groups is 1. The third-order valence-electron chi connectivity index (χ3n) is 5.07. The summed E-state index contributed by atoms with van der Waals surface area (Å²) in [6.45, 7) is 7.68. The molecule has 1 amide bonds. The van der Waals surface area contributed by atoms with Gasteiger partial charge in [0, 0.05) is 31.1 Å². The van der Waals surface area contributed by atoms with Crippen LogP contribution in [0.15, 0.2) is 35.7 Å². The lowest BCUT2D eigenvalue weighted by atomic mass is 10.3. The largest absolute Gasteiger partial charge is 0.492 e. The molecule has 0 atom stereocenters. The van der Waals surface area contributed by atoms with Crippen LogP contribution in [-0.2, 0) is 16.0 Å². The van der Waals surface area contributed by atoms with E-state index >= 15 is 0 Å². The van der Waals surface area contributed by atoms with E-state index in [1.165, 1.54) is 0 Å². The van der Waals surface area contributed by atoms with E-state index in [0.717, 1.165) is 65.2 Å². The third kappa shape index (κ3) is 5.18. The molecule has 0 N–H and O–H groups in total. The molecule has 0 bridgehead atoms. The maximum atomic E-state index is 13.2. The summed E-state index contributed by atoms with van der Waals surface area (Å²) in [6.07, 6.45) is 1.31. The zero-order valence-corrected chi connectivity index (χ0v) is 18.8. The average Bonchev–Trinajstić information content (AvgIpc) is 3.42. The number of anilines is 1. The Labute approximate surface area is 185 Å². The molecular formula is C22H27N3O3S2. The molecule has 0 unspecified atom stereocenters. The second-order valence-corrected chi connectivity index (χ2v) is 9.18. The zero-order chi connectivity index (χ0) is 20.8. The second kappa shape index (κ2) is 10.3. The molecule has 30 heavy (non-hydrogen) atoms. The molecule has 0 spiro atoms. The molecule has 0 saturated carbocycles. The molecule has 8 heteroatoms. The normalized spacial score (nSPS) is 14.8. The maximum absolute atomic E-state index is 13.2. The van der Waals surface area contributed by atoms with Crippen LogP contribution in [0.25, 0.3) is 10.2 Å². The molecule has 1 aliphatic rings. The molecular weight excluding hydrogens is 418 g/mol.